The minimum atomic E-state index is -0.594. The van der Waals surface area contributed by atoms with Crippen molar-refractivity contribution in [1.29, 1.82) is 0 Å². The average Bonchev–Trinajstić information content (AvgIpc) is 3.14. The van der Waals surface area contributed by atoms with Gasteiger partial charge in [0.1, 0.15) is 10.6 Å². The number of aryl methyl sites for hydroxylation is 3. The van der Waals surface area contributed by atoms with Crippen molar-refractivity contribution in [2.45, 2.75) is 58.5 Å². The molecule has 2 amide bonds. The SMILES string of the molecule is CCCCc1ccc(NC2=C(Sc3nc(C)cc(C)n3)C(=O)N(c3ccccc3C(=O)OCCC)C2=O)cc1. The largest absolute Gasteiger partial charge is 0.462 e. The molecule has 0 saturated carbocycles. The van der Waals surface area contributed by atoms with Gasteiger partial charge in [0.2, 0.25) is 0 Å². The van der Waals surface area contributed by atoms with Gasteiger partial charge in [0.15, 0.2) is 5.16 Å². The fraction of sp³-hybridized carbons (Fsp3) is 0.300. The Hall–Kier alpha value is -3.98. The molecule has 3 aromatic rings. The maximum atomic E-state index is 13.8. The Balaban J connectivity index is 1.72. The van der Waals surface area contributed by atoms with Crippen LogP contribution in [0.5, 0.6) is 0 Å². The molecule has 1 N–H and O–H groups in total. The molecule has 0 radical (unpaired) electrons. The highest BCUT2D eigenvalue weighted by Gasteiger charge is 2.42. The van der Waals surface area contributed by atoms with Crippen LogP contribution in [-0.4, -0.2) is 34.4 Å². The van der Waals surface area contributed by atoms with Crippen LogP contribution in [0, 0.1) is 13.8 Å². The van der Waals surface area contributed by atoms with Crippen LogP contribution < -0.4 is 10.2 Å². The number of imide groups is 1. The molecule has 1 aromatic heterocycles. The molecule has 0 atom stereocenters. The van der Waals surface area contributed by atoms with E-state index in [2.05, 4.69) is 22.2 Å². The molecule has 2 aromatic carbocycles. The van der Waals surface area contributed by atoms with Crippen LogP contribution in [0.1, 0.15) is 60.4 Å². The van der Waals surface area contributed by atoms with E-state index in [1.807, 2.05) is 51.1 Å². The Morgan fingerprint density at radius 2 is 1.64 bits per heavy atom. The van der Waals surface area contributed by atoms with Crippen molar-refractivity contribution in [1.82, 2.24) is 9.97 Å². The van der Waals surface area contributed by atoms with E-state index in [0.717, 1.165) is 47.3 Å². The lowest BCUT2D eigenvalue weighted by atomic mass is 10.1. The van der Waals surface area contributed by atoms with E-state index in [1.165, 1.54) is 5.56 Å². The first-order valence-electron chi connectivity index (χ1n) is 13.1. The molecule has 0 bridgehead atoms. The third kappa shape index (κ3) is 6.54. The summed E-state index contributed by atoms with van der Waals surface area (Å²) < 4.78 is 5.32. The fourth-order valence-electron chi connectivity index (χ4n) is 4.16. The number of amides is 2. The number of anilines is 2. The predicted molar refractivity (Wildman–Crippen MR) is 153 cm³/mol. The zero-order valence-corrected chi connectivity index (χ0v) is 23.4. The summed E-state index contributed by atoms with van der Waals surface area (Å²) in [5.74, 6) is -1.73. The standard InChI is InChI=1S/C30H32N4O4S/c1-5-7-10-21-13-15-22(16-14-21)33-25-26(39-30-31-19(3)18-20(4)32-30)28(36)34(27(25)35)24-12-9-8-11-23(24)29(37)38-17-6-2/h8-9,11-16,18,33H,5-7,10,17H2,1-4H3. The molecule has 39 heavy (non-hydrogen) atoms. The summed E-state index contributed by atoms with van der Waals surface area (Å²) in [4.78, 5) is 50.5. The van der Waals surface area contributed by atoms with Crippen molar-refractivity contribution in [3.63, 3.8) is 0 Å². The minimum Gasteiger partial charge on any atom is -0.462 e. The van der Waals surface area contributed by atoms with Gasteiger partial charge < -0.3 is 10.1 Å². The Labute approximate surface area is 232 Å². The molecule has 1 aliphatic rings. The number of nitrogens with zero attached hydrogens (tertiary/aromatic N) is 3. The van der Waals surface area contributed by atoms with Crippen LogP contribution in [-0.2, 0) is 20.7 Å². The first-order valence-corrected chi connectivity index (χ1v) is 13.9. The Bertz CT molecular complexity index is 1400. The summed E-state index contributed by atoms with van der Waals surface area (Å²) in [7, 11) is 0. The number of carbonyl (C=O) groups is 3. The molecule has 0 unspecified atom stereocenters. The summed E-state index contributed by atoms with van der Waals surface area (Å²) in [6.45, 7) is 7.97. The topological polar surface area (TPSA) is 101 Å². The zero-order valence-electron chi connectivity index (χ0n) is 22.6. The van der Waals surface area contributed by atoms with E-state index < -0.39 is 17.8 Å². The van der Waals surface area contributed by atoms with Crippen LogP contribution in [0.4, 0.5) is 11.4 Å². The summed E-state index contributed by atoms with van der Waals surface area (Å²) in [5.41, 5.74) is 3.78. The van der Waals surface area contributed by atoms with Crippen molar-refractivity contribution in [2.24, 2.45) is 0 Å². The zero-order chi connectivity index (χ0) is 27.9. The minimum absolute atomic E-state index is 0.103. The van der Waals surface area contributed by atoms with Gasteiger partial charge in [-0.2, -0.15) is 0 Å². The second kappa shape index (κ2) is 12.7. The number of esters is 1. The van der Waals surface area contributed by atoms with Gasteiger partial charge in [0, 0.05) is 17.1 Å². The fourth-order valence-corrected chi connectivity index (χ4v) is 5.14. The molecule has 0 saturated heterocycles. The monoisotopic (exact) mass is 544 g/mol. The van der Waals surface area contributed by atoms with E-state index in [9.17, 15) is 14.4 Å². The number of carbonyl (C=O) groups excluding carboxylic acids is 3. The van der Waals surface area contributed by atoms with Gasteiger partial charge in [-0.05, 0) is 80.8 Å². The van der Waals surface area contributed by atoms with Gasteiger partial charge >= 0.3 is 5.97 Å². The molecule has 2 heterocycles. The molecular weight excluding hydrogens is 512 g/mol. The number of hydrogen-bond acceptors (Lipinski definition) is 8. The molecular formula is C30H32N4O4S. The maximum absolute atomic E-state index is 13.8. The Kier molecular flexibility index (Phi) is 9.14. The van der Waals surface area contributed by atoms with E-state index in [0.29, 0.717) is 17.3 Å². The van der Waals surface area contributed by atoms with Crippen molar-refractivity contribution >= 4 is 40.9 Å². The van der Waals surface area contributed by atoms with Crippen LogP contribution in [0.15, 0.2) is 70.4 Å². The molecule has 9 heteroatoms. The smallest absolute Gasteiger partial charge is 0.340 e. The lowest BCUT2D eigenvalue weighted by Crippen LogP contribution is -2.33. The van der Waals surface area contributed by atoms with Gasteiger partial charge in [0.25, 0.3) is 11.8 Å². The highest BCUT2D eigenvalue weighted by atomic mass is 32.2. The summed E-state index contributed by atoms with van der Waals surface area (Å²) >= 11 is 1.03. The van der Waals surface area contributed by atoms with Gasteiger partial charge in [0.05, 0.1) is 17.9 Å². The van der Waals surface area contributed by atoms with Crippen molar-refractivity contribution in [3.8, 4) is 0 Å². The van der Waals surface area contributed by atoms with Gasteiger partial charge in [-0.25, -0.2) is 19.7 Å². The van der Waals surface area contributed by atoms with Gasteiger partial charge in [-0.1, -0.05) is 44.5 Å². The number of benzene rings is 2. The number of thioether (sulfide) groups is 1. The van der Waals surface area contributed by atoms with E-state index in [-0.39, 0.29) is 28.5 Å². The van der Waals surface area contributed by atoms with Gasteiger partial charge in [-0.15, -0.1) is 0 Å². The first-order chi connectivity index (χ1) is 18.8. The summed E-state index contributed by atoms with van der Waals surface area (Å²) in [6, 6.07) is 16.1. The lowest BCUT2D eigenvalue weighted by Gasteiger charge is -2.18. The highest BCUT2D eigenvalue weighted by molar-refractivity contribution is 8.04. The molecule has 1 aliphatic heterocycles. The third-order valence-electron chi connectivity index (χ3n) is 6.04. The molecule has 202 valence electrons. The molecule has 8 nitrogen and oxygen atoms in total. The number of ether oxygens (including phenoxy) is 1. The van der Waals surface area contributed by atoms with Gasteiger partial charge in [-0.3, -0.25) is 9.59 Å². The Morgan fingerprint density at radius 3 is 2.31 bits per heavy atom. The van der Waals surface area contributed by atoms with Crippen LogP contribution in [0.3, 0.4) is 0 Å². The number of rotatable bonds is 11. The first kappa shape index (κ1) is 28.0. The molecule has 0 aliphatic carbocycles. The van der Waals surface area contributed by atoms with E-state index in [1.54, 1.807) is 24.3 Å². The molecule has 0 spiro atoms. The van der Waals surface area contributed by atoms with E-state index in [4.69, 9.17) is 4.74 Å². The summed E-state index contributed by atoms with van der Waals surface area (Å²) in [5, 5.41) is 3.52. The number of para-hydroxylation sites is 1. The van der Waals surface area contributed by atoms with Crippen LogP contribution in [0.25, 0.3) is 0 Å². The molecule has 0 fully saturated rings. The van der Waals surface area contributed by atoms with Crippen molar-refractivity contribution in [3.05, 3.63) is 87.7 Å². The van der Waals surface area contributed by atoms with E-state index >= 15 is 0 Å². The number of unbranched alkanes of at least 4 members (excludes halogenated alkanes) is 1. The normalized spacial score (nSPS) is 13.3. The van der Waals surface area contributed by atoms with Crippen LogP contribution in [0.2, 0.25) is 0 Å². The second-order valence-corrected chi connectivity index (χ2v) is 10.2. The predicted octanol–water partition coefficient (Wildman–Crippen LogP) is 5.99. The Morgan fingerprint density at radius 1 is 0.949 bits per heavy atom. The summed E-state index contributed by atoms with van der Waals surface area (Å²) in [6.07, 6.45) is 3.82. The number of aromatic nitrogens is 2. The third-order valence-corrected chi connectivity index (χ3v) is 6.99. The lowest BCUT2D eigenvalue weighted by molar-refractivity contribution is -0.120. The van der Waals surface area contributed by atoms with Crippen LogP contribution >= 0.6 is 11.8 Å². The number of hydrogen-bond donors (Lipinski definition) is 1. The highest BCUT2D eigenvalue weighted by Crippen LogP contribution is 2.38. The quantitative estimate of drug-likeness (QED) is 0.178. The van der Waals surface area contributed by atoms with Crippen molar-refractivity contribution in [2.75, 3.05) is 16.8 Å². The maximum Gasteiger partial charge on any atom is 0.340 e. The average molecular weight is 545 g/mol. The van der Waals surface area contributed by atoms with Crippen molar-refractivity contribution < 1.29 is 19.1 Å². The second-order valence-electron chi connectivity index (χ2n) is 9.26. The molecule has 4 rings (SSSR count). The number of nitrogens with one attached hydrogen (secondary N) is 1.